The normalized spacial score (nSPS) is 11.0. The van der Waals surface area contributed by atoms with E-state index in [2.05, 4.69) is 20.9 Å². The Morgan fingerprint density at radius 1 is 1.17 bits per heavy atom. The third-order valence-electron chi connectivity index (χ3n) is 2.52. The summed E-state index contributed by atoms with van der Waals surface area (Å²) in [7, 11) is 0. The minimum absolute atomic E-state index is 0.527. The first-order valence-corrected chi connectivity index (χ1v) is 6.41. The summed E-state index contributed by atoms with van der Waals surface area (Å²) in [5, 5.41) is 0.626. The molecule has 0 aliphatic heterocycles. The molecule has 90 valence electrons. The van der Waals surface area contributed by atoms with Crippen LogP contribution in [-0.4, -0.2) is 4.98 Å². The second-order valence-electron chi connectivity index (χ2n) is 3.90. The molecule has 3 rings (SSSR count). The molecule has 0 unspecified atom stereocenters. The zero-order valence-corrected chi connectivity index (χ0v) is 11.5. The Bertz CT molecular complexity index is 719. The highest BCUT2D eigenvalue weighted by Crippen LogP contribution is 2.29. The van der Waals surface area contributed by atoms with Crippen LogP contribution in [0.3, 0.4) is 0 Å². The van der Waals surface area contributed by atoms with Crippen LogP contribution in [0.15, 0.2) is 45.3 Å². The molecule has 0 amide bonds. The summed E-state index contributed by atoms with van der Waals surface area (Å²) in [5.41, 5.74) is 8.64. The molecule has 2 N–H and O–H groups in total. The summed E-state index contributed by atoms with van der Waals surface area (Å²) in [6, 6.07) is 10.9. The van der Waals surface area contributed by atoms with Crippen LogP contribution in [0.1, 0.15) is 0 Å². The number of hydrogen-bond acceptors (Lipinski definition) is 3. The lowest BCUT2D eigenvalue weighted by Gasteiger charge is -1.97. The maximum atomic E-state index is 6.00. The number of hydrogen-bond donors (Lipinski definition) is 1. The minimum atomic E-state index is 0.527. The quantitative estimate of drug-likeness (QED) is 0.671. The van der Waals surface area contributed by atoms with Gasteiger partial charge in [0.25, 0.3) is 0 Å². The summed E-state index contributed by atoms with van der Waals surface area (Å²) in [6.45, 7) is 0. The Morgan fingerprint density at radius 3 is 2.78 bits per heavy atom. The molecule has 5 heteroatoms. The van der Waals surface area contributed by atoms with Gasteiger partial charge in [-0.15, -0.1) is 0 Å². The molecule has 18 heavy (non-hydrogen) atoms. The number of nitrogens with zero attached hydrogens (tertiary/aromatic N) is 1. The molecule has 0 saturated carbocycles. The van der Waals surface area contributed by atoms with Crippen molar-refractivity contribution in [3.63, 3.8) is 0 Å². The first-order chi connectivity index (χ1) is 8.61. The average molecular weight is 324 g/mol. The van der Waals surface area contributed by atoms with Gasteiger partial charge in [0.2, 0.25) is 5.89 Å². The molecule has 0 bridgehead atoms. The Hall–Kier alpha value is -1.52. The molecular weight excluding hydrogens is 316 g/mol. The van der Waals surface area contributed by atoms with Crippen molar-refractivity contribution in [1.82, 2.24) is 4.98 Å². The van der Waals surface area contributed by atoms with Crippen LogP contribution in [-0.2, 0) is 0 Å². The van der Waals surface area contributed by atoms with E-state index in [4.69, 9.17) is 21.8 Å². The van der Waals surface area contributed by atoms with E-state index in [9.17, 15) is 0 Å². The van der Waals surface area contributed by atoms with Gasteiger partial charge in [0.15, 0.2) is 5.58 Å². The number of fused-ring (bicyclic) bond motifs is 1. The van der Waals surface area contributed by atoms with Gasteiger partial charge in [0.05, 0.1) is 0 Å². The van der Waals surface area contributed by atoms with Gasteiger partial charge < -0.3 is 10.2 Å². The highest BCUT2D eigenvalue weighted by atomic mass is 79.9. The van der Waals surface area contributed by atoms with Gasteiger partial charge in [-0.2, -0.15) is 0 Å². The number of anilines is 1. The predicted octanol–water partition coefficient (Wildman–Crippen LogP) is 4.49. The fourth-order valence-corrected chi connectivity index (χ4v) is 2.61. The Kier molecular flexibility index (Phi) is 2.76. The highest BCUT2D eigenvalue weighted by molar-refractivity contribution is 9.10. The maximum absolute atomic E-state index is 6.00. The number of halogens is 2. The number of nitrogen functional groups attached to an aromatic ring is 1. The Balaban J connectivity index is 2.19. The van der Waals surface area contributed by atoms with Crippen molar-refractivity contribution in [2.75, 3.05) is 5.73 Å². The standard InChI is InChI=1S/C13H8BrClN2O/c14-8-3-7(4-9(15)5-8)13-17-11-6-10(16)1-2-12(11)18-13/h1-6H,16H2. The lowest BCUT2D eigenvalue weighted by Crippen LogP contribution is -1.82. The van der Waals surface area contributed by atoms with Crippen LogP contribution < -0.4 is 5.73 Å². The zero-order chi connectivity index (χ0) is 12.7. The van der Waals surface area contributed by atoms with Crippen molar-refractivity contribution < 1.29 is 4.42 Å². The summed E-state index contributed by atoms with van der Waals surface area (Å²) in [5.74, 6) is 0.527. The summed E-state index contributed by atoms with van der Waals surface area (Å²) < 4.78 is 6.55. The molecule has 3 nitrogen and oxygen atoms in total. The number of benzene rings is 2. The van der Waals surface area contributed by atoms with Crippen molar-refractivity contribution in [1.29, 1.82) is 0 Å². The van der Waals surface area contributed by atoms with E-state index in [0.717, 1.165) is 15.6 Å². The molecule has 0 saturated heterocycles. The van der Waals surface area contributed by atoms with Gasteiger partial charge >= 0.3 is 0 Å². The minimum Gasteiger partial charge on any atom is -0.436 e. The molecule has 0 fully saturated rings. The highest BCUT2D eigenvalue weighted by Gasteiger charge is 2.09. The molecule has 0 aliphatic carbocycles. The molecular formula is C13H8BrClN2O. The average Bonchev–Trinajstić information content (AvgIpc) is 2.70. The number of oxazole rings is 1. The van der Waals surface area contributed by atoms with Crippen molar-refractivity contribution in [2.24, 2.45) is 0 Å². The van der Waals surface area contributed by atoms with E-state index in [1.807, 2.05) is 12.1 Å². The van der Waals surface area contributed by atoms with Gasteiger partial charge in [0.1, 0.15) is 5.52 Å². The second kappa shape index (κ2) is 4.30. The van der Waals surface area contributed by atoms with E-state index in [1.54, 1.807) is 24.3 Å². The number of aromatic nitrogens is 1. The molecule has 1 aromatic heterocycles. The van der Waals surface area contributed by atoms with Crippen LogP contribution in [0.5, 0.6) is 0 Å². The molecule has 0 spiro atoms. The molecule has 1 heterocycles. The molecule has 0 aliphatic rings. The second-order valence-corrected chi connectivity index (χ2v) is 5.26. The van der Waals surface area contributed by atoms with Crippen LogP contribution >= 0.6 is 27.5 Å². The van der Waals surface area contributed by atoms with Crippen LogP contribution in [0.25, 0.3) is 22.6 Å². The van der Waals surface area contributed by atoms with Crippen LogP contribution in [0.4, 0.5) is 5.69 Å². The Morgan fingerprint density at radius 2 is 2.00 bits per heavy atom. The third kappa shape index (κ3) is 2.09. The van der Waals surface area contributed by atoms with Gasteiger partial charge in [-0.1, -0.05) is 27.5 Å². The third-order valence-corrected chi connectivity index (χ3v) is 3.20. The SMILES string of the molecule is Nc1ccc2oc(-c3cc(Cl)cc(Br)c3)nc2c1. The molecule has 2 aromatic carbocycles. The summed E-state index contributed by atoms with van der Waals surface area (Å²) in [4.78, 5) is 4.40. The summed E-state index contributed by atoms with van der Waals surface area (Å²) in [6.07, 6.45) is 0. The molecule has 0 atom stereocenters. The smallest absolute Gasteiger partial charge is 0.227 e. The van der Waals surface area contributed by atoms with Crippen molar-refractivity contribution in [2.45, 2.75) is 0 Å². The van der Waals surface area contributed by atoms with E-state index in [0.29, 0.717) is 22.2 Å². The zero-order valence-electron chi connectivity index (χ0n) is 9.15. The fraction of sp³-hybridized carbons (Fsp3) is 0. The largest absolute Gasteiger partial charge is 0.436 e. The van der Waals surface area contributed by atoms with Gasteiger partial charge in [-0.25, -0.2) is 4.98 Å². The number of nitrogens with two attached hydrogens (primary N) is 1. The summed E-state index contributed by atoms with van der Waals surface area (Å²) >= 11 is 9.40. The van der Waals surface area contributed by atoms with Crippen molar-refractivity contribution >= 4 is 44.3 Å². The number of rotatable bonds is 1. The monoisotopic (exact) mass is 322 g/mol. The lowest BCUT2D eigenvalue weighted by atomic mass is 10.2. The van der Waals surface area contributed by atoms with E-state index >= 15 is 0 Å². The molecule has 3 aromatic rings. The van der Waals surface area contributed by atoms with Crippen LogP contribution in [0.2, 0.25) is 5.02 Å². The van der Waals surface area contributed by atoms with Crippen molar-refractivity contribution in [3.8, 4) is 11.5 Å². The van der Waals surface area contributed by atoms with Gasteiger partial charge in [-0.05, 0) is 36.4 Å². The first kappa shape index (κ1) is 11.6. The predicted molar refractivity (Wildman–Crippen MR) is 76.6 cm³/mol. The van der Waals surface area contributed by atoms with Crippen LogP contribution in [0, 0.1) is 0 Å². The lowest BCUT2D eigenvalue weighted by molar-refractivity contribution is 0.620. The Labute approximate surface area is 117 Å². The molecule has 0 radical (unpaired) electrons. The van der Waals surface area contributed by atoms with E-state index in [-0.39, 0.29) is 0 Å². The maximum Gasteiger partial charge on any atom is 0.227 e. The fourth-order valence-electron chi connectivity index (χ4n) is 1.75. The first-order valence-electron chi connectivity index (χ1n) is 5.24. The van der Waals surface area contributed by atoms with Gasteiger partial charge in [-0.3, -0.25) is 0 Å². The van der Waals surface area contributed by atoms with Crippen molar-refractivity contribution in [3.05, 3.63) is 45.9 Å². The van der Waals surface area contributed by atoms with Gasteiger partial charge in [0, 0.05) is 20.7 Å². The van der Waals surface area contributed by atoms with E-state index in [1.165, 1.54) is 0 Å². The topological polar surface area (TPSA) is 52.0 Å². The van der Waals surface area contributed by atoms with E-state index < -0.39 is 0 Å².